The average molecular weight is 332 g/mol. The van der Waals surface area contributed by atoms with Crippen molar-refractivity contribution in [3.63, 3.8) is 0 Å². The summed E-state index contributed by atoms with van der Waals surface area (Å²) in [6.07, 6.45) is 0. The van der Waals surface area contributed by atoms with Gasteiger partial charge in [0, 0.05) is 16.9 Å². The van der Waals surface area contributed by atoms with Gasteiger partial charge in [0.05, 0.1) is 5.75 Å². The molecule has 0 unspecified atom stereocenters. The Morgan fingerprint density at radius 2 is 1.57 bits per heavy atom. The minimum atomic E-state index is -3.30. The maximum atomic E-state index is 12.2. The Labute approximate surface area is 136 Å². The van der Waals surface area contributed by atoms with Crippen LogP contribution in [0.3, 0.4) is 0 Å². The zero-order valence-electron chi connectivity index (χ0n) is 13.4. The van der Waals surface area contributed by atoms with Gasteiger partial charge in [-0.3, -0.25) is 9.52 Å². The molecule has 0 aliphatic rings. The number of nitrogens with one attached hydrogen (secondary N) is 2. The van der Waals surface area contributed by atoms with Crippen LogP contribution in [0.2, 0.25) is 0 Å². The lowest BCUT2D eigenvalue weighted by molar-refractivity contribution is 0.102. The predicted octanol–water partition coefficient (Wildman–Crippen LogP) is 3.32. The molecular weight excluding hydrogens is 312 g/mol. The second-order valence-corrected chi connectivity index (χ2v) is 7.35. The SMILES string of the molecule is CCS(=O)(=O)Nc1ccc(NC(=O)c2ccc(C)c(C)c2)cc1. The van der Waals surface area contributed by atoms with Gasteiger partial charge >= 0.3 is 0 Å². The van der Waals surface area contributed by atoms with E-state index in [0.717, 1.165) is 11.1 Å². The molecule has 1 amide bonds. The van der Waals surface area contributed by atoms with Crippen LogP contribution in [0.5, 0.6) is 0 Å². The standard InChI is InChI=1S/C17H20N2O3S/c1-4-23(21,22)19-16-9-7-15(8-10-16)18-17(20)14-6-5-12(2)13(3)11-14/h5-11,19H,4H2,1-3H3,(H,18,20). The van der Waals surface area contributed by atoms with Gasteiger partial charge in [-0.2, -0.15) is 0 Å². The molecule has 0 saturated carbocycles. The van der Waals surface area contributed by atoms with Crippen LogP contribution in [0.4, 0.5) is 11.4 Å². The number of aryl methyl sites for hydroxylation is 2. The second-order valence-electron chi connectivity index (χ2n) is 5.34. The molecule has 2 N–H and O–H groups in total. The minimum Gasteiger partial charge on any atom is -0.322 e. The van der Waals surface area contributed by atoms with Crippen molar-refractivity contribution in [1.29, 1.82) is 0 Å². The number of rotatable bonds is 5. The fourth-order valence-corrected chi connectivity index (χ4v) is 2.60. The Morgan fingerprint density at radius 3 is 2.13 bits per heavy atom. The molecule has 2 aromatic carbocycles. The molecule has 2 aromatic rings. The Morgan fingerprint density at radius 1 is 0.957 bits per heavy atom. The summed E-state index contributed by atoms with van der Waals surface area (Å²) in [6, 6.07) is 12.1. The van der Waals surface area contributed by atoms with Crippen LogP contribution in [-0.2, 0) is 10.0 Å². The topological polar surface area (TPSA) is 75.3 Å². The third-order valence-corrected chi connectivity index (χ3v) is 4.87. The van der Waals surface area contributed by atoms with Crippen LogP contribution in [0.25, 0.3) is 0 Å². The van der Waals surface area contributed by atoms with Crippen LogP contribution >= 0.6 is 0 Å². The molecule has 0 spiro atoms. The first-order chi connectivity index (χ1) is 10.8. The third-order valence-electron chi connectivity index (χ3n) is 3.57. The van der Waals surface area contributed by atoms with E-state index in [1.54, 1.807) is 37.3 Å². The fourth-order valence-electron chi connectivity index (χ4n) is 1.96. The number of hydrogen-bond donors (Lipinski definition) is 2. The number of anilines is 2. The number of amides is 1. The fraction of sp³-hybridized carbons (Fsp3) is 0.235. The lowest BCUT2D eigenvalue weighted by Gasteiger charge is -2.09. The Hall–Kier alpha value is -2.34. The summed E-state index contributed by atoms with van der Waals surface area (Å²) in [5, 5.41) is 2.79. The molecule has 0 saturated heterocycles. The van der Waals surface area contributed by atoms with Crippen molar-refractivity contribution in [2.75, 3.05) is 15.8 Å². The number of hydrogen-bond acceptors (Lipinski definition) is 3. The number of carbonyl (C=O) groups is 1. The molecular formula is C17H20N2O3S. The number of benzene rings is 2. The molecule has 0 aliphatic heterocycles. The summed E-state index contributed by atoms with van der Waals surface area (Å²) in [4.78, 5) is 12.2. The summed E-state index contributed by atoms with van der Waals surface area (Å²) < 4.78 is 25.4. The van der Waals surface area contributed by atoms with Crippen LogP contribution < -0.4 is 10.0 Å². The van der Waals surface area contributed by atoms with Crippen LogP contribution in [-0.4, -0.2) is 20.1 Å². The van der Waals surface area contributed by atoms with E-state index in [-0.39, 0.29) is 11.7 Å². The lowest BCUT2D eigenvalue weighted by atomic mass is 10.1. The van der Waals surface area contributed by atoms with Crippen LogP contribution in [0, 0.1) is 13.8 Å². The first-order valence-corrected chi connectivity index (χ1v) is 8.95. The van der Waals surface area contributed by atoms with Gasteiger partial charge in [-0.1, -0.05) is 6.07 Å². The number of carbonyl (C=O) groups excluding carboxylic acids is 1. The second kappa shape index (κ2) is 6.83. The summed E-state index contributed by atoms with van der Waals surface area (Å²) >= 11 is 0. The summed E-state index contributed by atoms with van der Waals surface area (Å²) in [5.41, 5.74) is 3.85. The molecule has 0 heterocycles. The zero-order valence-corrected chi connectivity index (χ0v) is 14.2. The van der Waals surface area contributed by atoms with Gasteiger partial charge in [0.25, 0.3) is 5.91 Å². The highest BCUT2D eigenvalue weighted by molar-refractivity contribution is 7.92. The van der Waals surface area contributed by atoms with E-state index in [0.29, 0.717) is 16.9 Å². The van der Waals surface area contributed by atoms with Gasteiger partial charge in [-0.05, 0) is 68.3 Å². The highest BCUT2D eigenvalue weighted by Gasteiger charge is 2.09. The monoisotopic (exact) mass is 332 g/mol. The van der Waals surface area contributed by atoms with E-state index in [9.17, 15) is 13.2 Å². The maximum Gasteiger partial charge on any atom is 0.255 e. The van der Waals surface area contributed by atoms with E-state index < -0.39 is 10.0 Å². The van der Waals surface area contributed by atoms with E-state index >= 15 is 0 Å². The quantitative estimate of drug-likeness (QED) is 0.882. The normalized spacial score (nSPS) is 11.1. The Kier molecular flexibility index (Phi) is 5.05. The van der Waals surface area contributed by atoms with Crippen molar-refractivity contribution in [2.24, 2.45) is 0 Å². The molecule has 122 valence electrons. The molecule has 0 radical (unpaired) electrons. The van der Waals surface area contributed by atoms with Crippen molar-refractivity contribution in [1.82, 2.24) is 0 Å². The largest absolute Gasteiger partial charge is 0.322 e. The average Bonchev–Trinajstić information content (AvgIpc) is 2.51. The minimum absolute atomic E-state index is 0.0122. The molecule has 6 heteroatoms. The van der Waals surface area contributed by atoms with Gasteiger partial charge in [0.2, 0.25) is 10.0 Å². The first-order valence-electron chi connectivity index (χ1n) is 7.30. The lowest BCUT2D eigenvalue weighted by Crippen LogP contribution is -2.15. The Balaban J connectivity index is 2.08. The van der Waals surface area contributed by atoms with Gasteiger partial charge in [0.15, 0.2) is 0 Å². The summed E-state index contributed by atoms with van der Waals surface area (Å²) in [6.45, 7) is 5.52. The van der Waals surface area contributed by atoms with E-state index in [1.807, 2.05) is 26.0 Å². The molecule has 0 aliphatic carbocycles. The van der Waals surface area contributed by atoms with Gasteiger partial charge in [-0.15, -0.1) is 0 Å². The Bertz CT molecular complexity index is 812. The van der Waals surface area contributed by atoms with Crippen molar-refractivity contribution in [3.05, 3.63) is 59.2 Å². The molecule has 0 atom stereocenters. The van der Waals surface area contributed by atoms with Gasteiger partial charge in [0.1, 0.15) is 0 Å². The van der Waals surface area contributed by atoms with Gasteiger partial charge in [-0.25, -0.2) is 8.42 Å². The van der Waals surface area contributed by atoms with E-state index in [2.05, 4.69) is 10.0 Å². The summed E-state index contributed by atoms with van der Waals surface area (Å²) in [7, 11) is -3.30. The highest BCUT2D eigenvalue weighted by Crippen LogP contribution is 2.17. The molecule has 5 nitrogen and oxygen atoms in total. The van der Waals surface area contributed by atoms with Gasteiger partial charge < -0.3 is 5.32 Å². The summed E-state index contributed by atoms with van der Waals surface area (Å²) in [5.74, 6) is -0.187. The smallest absolute Gasteiger partial charge is 0.255 e. The number of sulfonamides is 1. The maximum absolute atomic E-state index is 12.2. The first kappa shape index (κ1) is 17.0. The third kappa shape index (κ3) is 4.56. The van der Waals surface area contributed by atoms with Crippen molar-refractivity contribution >= 4 is 27.3 Å². The highest BCUT2D eigenvalue weighted by atomic mass is 32.2. The molecule has 0 bridgehead atoms. The van der Waals surface area contributed by atoms with Crippen molar-refractivity contribution in [3.8, 4) is 0 Å². The van der Waals surface area contributed by atoms with Crippen LogP contribution in [0.15, 0.2) is 42.5 Å². The predicted molar refractivity (Wildman–Crippen MR) is 93.4 cm³/mol. The van der Waals surface area contributed by atoms with Crippen LogP contribution in [0.1, 0.15) is 28.4 Å². The molecule has 23 heavy (non-hydrogen) atoms. The molecule has 0 aromatic heterocycles. The van der Waals surface area contributed by atoms with E-state index in [1.165, 1.54) is 0 Å². The zero-order chi connectivity index (χ0) is 17.0. The molecule has 2 rings (SSSR count). The molecule has 0 fully saturated rings. The van der Waals surface area contributed by atoms with Crippen molar-refractivity contribution < 1.29 is 13.2 Å². The van der Waals surface area contributed by atoms with Crippen molar-refractivity contribution in [2.45, 2.75) is 20.8 Å². The van der Waals surface area contributed by atoms with E-state index in [4.69, 9.17) is 0 Å².